The van der Waals surface area contributed by atoms with Gasteiger partial charge in [0.2, 0.25) is 0 Å². The minimum absolute atomic E-state index is 0.0480. The van der Waals surface area contributed by atoms with Gasteiger partial charge in [-0.2, -0.15) is 5.10 Å². The van der Waals surface area contributed by atoms with Gasteiger partial charge >= 0.3 is 0 Å². The summed E-state index contributed by atoms with van der Waals surface area (Å²) in [4.78, 5) is 25.4. The van der Waals surface area contributed by atoms with Crippen molar-refractivity contribution in [3.05, 3.63) is 101 Å². The lowest BCUT2D eigenvalue weighted by molar-refractivity contribution is -0.117. The molecule has 0 aliphatic rings. The highest BCUT2D eigenvalue weighted by atomic mass is 16.5. The number of hydrazone groups is 1. The molecule has 0 fully saturated rings. The van der Waals surface area contributed by atoms with Crippen LogP contribution in [-0.2, 0) is 4.79 Å². The Morgan fingerprint density at radius 1 is 0.812 bits per heavy atom. The maximum Gasteiger partial charge on any atom is 0.287 e. The summed E-state index contributed by atoms with van der Waals surface area (Å²) in [5, 5.41) is 6.66. The lowest BCUT2D eigenvalue weighted by Crippen LogP contribution is -2.32. The van der Waals surface area contributed by atoms with Gasteiger partial charge in [-0.05, 0) is 53.6 Å². The van der Waals surface area contributed by atoms with Crippen molar-refractivity contribution in [3.63, 3.8) is 0 Å². The Kier molecular flexibility index (Phi) is 7.75. The molecule has 0 bridgehead atoms. The van der Waals surface area contributed by atoms with Crippen molar-refractivity contribution in [2.75, 3.05) is 14.2 Å². The average molecular weight is 429 g/mol. The monoisotopic (exact) mass is 429 g/mol. The van der Waals surface area contributed by atoms with Crippen LogP contribution in [-0.4, -0.2) is 32.2 Å². The molecule has 3 aromatic carbocycles. The molecule has 0 heterocycles. The molecule has 0 radical (unpaired) electrons. The molecule has 0 aliphatic heterocycles. The van der Waals surface area contributed by atoms with Crippen LogP contribution in [0.15, 0.2) is 89.7 Å². The fraction of sp³-hybridized carbons (Fsp3) is 0.0800. The first-order valence-electron chi connectivity index (χ1n) is 9.78. The summed E-state index contributed by atoms with van der Waals surface area (Å²) in [6, 6.07) is 23.0. The maximum atomic E-state index is 12.8. The first-order chi connectivity index (χ1) is 15.6. The van der Waals surface area contributed by atoms with Gasteiger partial charge in [-0.1, -0.05) is 42.5 Å². The van der Waals surface area contributed by atoms with E-state index in [4.69, 9.17) is 9.47 Å². The fourth-order valence-electron chi connectivity index (χ4n) is 2.76. The van der Waals surface area contributed by atoms with E-state index in [9.17, 15) is 9.59 Å². The number of hydrogen-bond acceptors (Lipinski definition) is 5. The highest BCUT2D eigenvalue weighted by molar-refractivity contribution is 6.05. The summed E-state index contributed by atoms with van der Waals surface area (Å²) in [5.74, 6) is 0.390. The predicted octanol–water partition coefficient (Wildman–Crippen LogP) is 3.63. The van der Waals surface area contributed by atoms with Crippen LogP contribution in [0.25, 0.3) is 6.08 Å². The average Bonchev–Trinajstić information content (AvgIpc) is 2.84. The van der Waals surface area contributed by atoms with Crippen molar-refractivity contribution in [2.45, 2.75) is 0 Å². The highest BCUT2D eigenvalue weighted by Crippen LogP contribution is 2.14. The first-order valence-corrected chi connectivity index (χ1v) is 9.78. The highest BCUT2D eigenvalue weighted by Gasteiger charge is 2.14. The van der Waals surface area contributed by atoms with Crippen LogP contribution in [0.3, 0.4) is 0 Å². The molecule has 7 nitrogen and oxygen atoms in total. The van der Waals surface area contributed by atoms with E-state index < -0.39 is 11.8 Å². The lowest BCUT2D eigenvalue weighted by Gasteiger charge is -2.09. The number of amides is 2. The summed E-state index contributed by atoms with van der Waals surface area (Å²) in [7, 11) is 3.15. The lowest BCUT2D eigenvalue weighted by atomic mass is 10.1. The number of carbonyl (C=O) groups is 2. The molecule has 2 amide bonds. The van der Waals surface area contributed by atoms with Gasteiger partial charge in [0.25, 0.3) is 11.8 Å². The molecule has 162 valence electrons. The Balaban J connectivity index is 1.79. The Morgan fingerprint density at radius 3 is 2.22 bits per heavy atom. The normalized spacial score (nSPS) is 11.1. The molecular weight excluding hydrogens is 406 g/mol. The minimum Gasteiger partial charge on any atom is -0.497 e. The van der Waals surface area contributed by atoms with E-state index in [1.807, 2.05) is 24.3 Å². The van der Waals surface area contributed by atoms with E-state index >= 15 is 0 Å². The van der Waals surface area contributed by atoms with Crippen molar-refractivity contribution in [1.82, 2.24) is 10.7 Å². The van der Waals surface area contributed by atoms with E-state index in [2.05, 4.69) is 15.8 Å². The number of benzene rings is 3. The smallest absolute Gasteiger partial charge is 0.287 e. The van der Waals surface area contributed by atoms with E-state index in [-0.39, 0.29) is 5.70 Å². The van der Waals surface area contributed by atoms with Gasteiger partial charge in [-0.25, -0.2) is 5.43 Å². The quantitative estimate of drug-likeness (QED) is 0.325. The SMILES string of the molecule is COc1ccc(C=C(NC(=O)c2ccccc2)C(=O)NN=Cc2cccc(OC)c2)cc1. The first kappa shape index (κ1) is 22.3. The van der Waals surface area contributed by atoms with E-state index in [0.717, 1.165) is 5.56 Å². The molecule has 0 atom stereocenters. The molecule has 7 heteroatoms. The molecule has 0 spiro atoms. The van der Waals surface area contributed by atoms with E-state index in [1.54, 1.807) is 74.9 Å². The van der Waals surface area contributed by atoms with Crippen LogP contribution in [0.4, 0.5) is 0 Å². The number of hydrogen-bond donors (Lipinski definition) is 2. The van der Waals surface area contributed by atoms with Crippen molar-refractivity contribution < 1.29 is 19.1 Å². The topological polar surface area (TPSA) is 89.0 Å². The van der Waals surface area contributed by atoms with Gasteiger partial charge in [0.05, 0.1) is 20.4 Å². The summed E-state index contributed by atoms with van der Waals surface area (Å²) >= 11 is 0. The summed E-state index contributed by atoms with van der Waals surface area (Å²) in [6.07, 6.45) is 3.06. The Hall–Kier alpha value is -4.39. The zero-order valence-electron chi connectivity index (χ0n) is 17.7. The second-order valence-corrected chi connectivity index (χ2v) is 6.63. The van der Waals surface area contributed by atoms with Gasteiger partial charge in [-0.15, -0.1) is 0 Å². The Bertz CT molecular complexity index is 1120. The Labute approximate surface area is 186 Å². The van der Waals surface area contributed by atoms with Crippen LogP contribution < -0.4 is 20.2 Å². The maximum absolute atomic E-state index is 12.8. The largest absolute Gasteiger partial charge is 0.497 e. The molecule has 3 aromatic rings. The van der Waals surface area contributed by atoms with Crippen LogP contribution >= 0.6 is 0 Å². The van der Waals surface area contributed by atoms with Gasteiger partial charge in [0.15, 0.2) is 0 Å². The number of methoxy groups -OCH3 is 2. The second kappa shape index (κ2) is 11.1. The molecule has 3 rings (SSSR count). The molecule has 0 aliphatic carbocycles. The molecule has 0 saturated carbocycles. The molecule has 32 heavy (non-hydrogen) atoms. The van der Waals surface area contributed by atoms with E-state index in [1.165, 1.54) is 6.21 Å². The van der Waals surface area contributed by atoms with Gasteiger partial charge in [0.1, 0.15) is 17.2 Å². The number of nitrogens with one attached hydrogen (secondary N) is 2. The molecule has 2 N–H and O–H groups in total. The standard InChI is InChI=1S/C25H23N3O4/c1-31-21-13-11-18(12-14-21)16-23(27-24(29)20-8-4-3-5-9-20)25(30)28-26-17-19-7-6-10-22(15-19)32-2/h3-17H,1-2H3,(H,27,29)(H,28,30). The summed E-state index contributed by atoms with van der Waals surface area (Å²) in [5.41, 5.74) is 4.39. The van der Waals surface area contributed by atoms with Gasteiger partial charge < -0.3 is 14.8 Å². The van der Waals surface area contributed by atoms with Crippen molar-refractivity contribution in [3.8, 4) is 11.5 Å². The third-order valence-corrected chi connectivity index (χ3v) is 4.43. The minimum atomic E-state index is -0.566. The zero-order chi connectivity index (χ0) is 22.8. The summed E-state index contributed by atoms with van der Waals surface area (Å²) < 4.78 is 10.3. The van der Waals surface area contributed by atoms with Crippen molar-refractivity contribution in [2.24, 2.45) is 5.10 Å². The number of carbonyl (C=O) groups excluding carboxylic acids is 2. The number of rotatable bonds is 8. The molecule has 0 saturated heterocycles. The second-order valence-electron chi connectivity index (χ2n) is 6.63. The van der Waals surface area contributed by atoms with Gasteiger partial charge in [-0.3, -0.25) is 9.59 Å². The van der Waals surface area contributed by atoms with E-state index in [0.29, 0.717) is 22.6 Å². The van der Waals surface area contributed by atoms with Crippen LogP contribution in [0.1, 0.15) is 21.5 Å². The number of ether oxygens (including phenoxy) is 2. The molecule has 0 aromatic heterocycles. The zero-order valence-corrected chi connectivity index (χ0v) is 17.7. The molecule has 0 unspecified atom stereocenters. The third-order valence-electron chi connectivity index (χ3n) is 4.43. The van der Waals surface area contributed by atoms with Crippen molar-refractivity contribution in [1.29, 1.82) is 0 Å². The van der Waals surface area contributed by atoms with Crippen molar-refractivity contribution >= 4 is 24.1 Å². The fourth-order valence-corrected chi connectivity index (χ4v) is 2.76. The number of nitrogens with zero attached hydrogens (tertiary/aromatic N) is 1. The third kappa shape index (κ3) is 6.30. The molecular formula is C25H23N3O4. The predicted molar refractivity (Wildman–Crippen MR) is 124 cm³/mol. The van der Waals surface area contributed by atoms with Gasteiger partial charge in [0, 0.05) is 5.56 Å². The van der Waals surface area contributed by atoms with Crippen LogP contribution in [0.5, 0.6) is 11.5 Å². The van der Waals surface area contributed by atoms with Crippen LogP contribution in [0.2, 0.25) is 0 Å². The Morgan fingerprint density at radius 2 is 1.53 bits per heavy atom. The van der Waals surface area contributed by atoms with Crippen LogP contribution in [0, 0.1) is 0 Å². The summed E-state index contributed by atoms with van der Waals surface area (Å²) in [6.45, 7) is 0.